The highest BCUT2D eigenvalue weighted by Gasteiger charge is 2.26. The van der Waals surface area contributed by atoms with Crippen LogP contribution in [0.5, 0.6) is 0 Å². The van der Waals surface area contributed by atoms with Crippen molar-refractivity contribution in [2.75, 3.05) is 0 Å². The van der Waals surface area contributed by atoms with Crippen LogP contribution in [-0.2, 0) is 0 Å². The number of nitrogens with two attached hydrogens (primary N) is 1. The molecule has 1 aromatic carbocycles. The Balaban J connectivity index is 1.48. The van der Waals surface area contributed by atoms with Crippen LogP contribution in [0, 0.1) is 0 Å². The van der Waals surface area contributed by atoms with E-state index in [0.717, 1.165) is 24.1 Å². The lowest BCUT2D eigenvalue weighted by Gasteiger charge is -2.10. The van der Waals surface area contributed by atoms with Crippen molar-refractivity contribution >= 4 is 11.8 Å². The first-order valence-electron chi connectivity index (χ1n) is 9.02. The first-order chi connectivity index (χ1) is 13.5. The van der Waals surface area contributed by atoms with Gasteiger partial charge in [0, 0.05) is 34.5 Å². The largest absolute Gasteiger partial charge is 0.366 e. The lowest BCUT2D eigenvalue weighted by Crippen LogP contribution is -2.27. The van der Waals surface area contributed by atoms with Crippen molar-refractivity contribution in [1.82, 2.24) is 20.4 Å². The van der Waals surface area contributed by atoms with Crippen molar-refractivity contribution in [1.29, 1.82) is 0 Å². The predicted molar refractivity (Wildman–Crippen MR) is 100 cm³/mol. The van der Waals surface area contributed by atoms with E-state index < -0.39 is 11.9 Å². The van der Waals surface area contributed by atoms with Crippen LogP contribution < -0.4 is 11.1 Å². The van der Waals surface area contributed by atoms with Crippen LogP contribution in [0.25, 0.3) is 11.4 Å². The molecule has 0 unspecified atom stereocenters. The summed E-state index contributed by atoms with van der Waals surface area (Å²) in [6.07, 6.45) is 4.07. The minimum Gasteiger partial charge on any atom is -0.366 e. The second-order valence-corrected chi connectivity index (χ2v) is 6.84. The number of rotatable bonds is 6. The van der Waals surface area contributed by atoms with Gasteiger partial charge in [-0.1, -0.05) is 11.2 Å². The summed E-state index contributed by atoms with van der Waals surface area (Å²) in [6, 6.07) is 9.51. The molecule has 0 saturated heterocycles. The second-order valence-electron chi connectivity index (χ2n) is 6.84. The van der Waals surface area contributed by atoms with Crippen molar-refractivity contribution in [3.63, 3.8) is 0 Å². The van der Waals surface area contributed by atoms with E-state index in [4.69, 9.17) is 10.3 Å². The lowest BCUT2D eigenvalue weighted by atomic mass is 10.1. The summed E-state index contributed by atoms with van der Waals surface area (Å²) in [6.45, 7) is 1.75. The van der Waals surface area contributed by atoms with Crippen LogP contribution in [0.1, 0.15) is 64.0 Å². The molecule has 1 aliphatic rings. The third-order valence-corrected chi connectivity index (χ3v) is 4.60. The van der Waals surface area contributed by atoms with Gasteiger partial charge in [0.2, 0.25) is 17.6 Å². The molecule has 2 heterocycles. The Labute approximate surface area is 161 Å². The van der Waals surface area contributed by atoms with Gasteiger partial charge in [0.05, 0.1) is 0 Å². The third-order valence-electron chi connectivity index (χ3n) is 4.60. The van der Waals surface area contributed by atoms with E-state index in [2.05, 4.69) is 20.4 Å². The number of carbonyl (C=O) groups excluding carboxylic acids is 2. The van der Waals surface area contributed by atoms with Crippen LogP contribution in [0.15, 0.2) is 47.1 Å². The standard InChI is InChI=1S/C20H19N5O3/c1-11(23-19(27)15-4-2-3-13(9-15)17(21)26)20-24-18(25-28-20)14-7-8-22-16(10-14)12-5-6-12/h2-4,7-12H,5-6H2,1H3,(H2,21,26)(H,23,27)/t11-/m0/s1. The molecule has 8 heteroatoms. The molecule has 3 aromatic rings. The summed E-state index contributed by atoms with van der Waals surface area (Å²) in [7, 11) is 0. The fourth-order valence-electron chi connectivity index (χ4n) is 2.87. The average Bonchev–Trinajstić information content (AvgIpc) is 3.44. The Morgan fingerprint density at radius 3 is 2.75 bits per heavy atom. The van der Waals surface area contributed by atoms with Gasteiger partial charge < -0.3 is 15.6 Å². The van der Waals surface area contributed by atoms with Gasteiger partial charge in [0.15, 0.2) is 0 Å². The third kappa shape index (κ3) is 3.75. The maximum absolute atomic E-state index is 12.4. The fourth-order valence-corrected chi connectivity index (χ4v) is 2.87. The highest BCUT2D eigenvalue weighted by Crippen LogP contribution is 2.39. The van der Waals surface area contributed by atoms with Gasteiger partial charge in [-0.05, 0) is 50.1 Å². The van der Waals surface area contributed by atoms with Crippen molar-refractivity contribution < 1.29 is 14.1 Å². The molecular formula is C20H19N5O3. The van der Waals surface area contributed by atoms with E-state index in [9.17, 15) is 9.59 Å². The SMILES string of the molecule is C[C@H](NC(=O)c1cccc(C(N)=O)c1)c1nc(-c2ccnc(C3CC3)c2)no1. The number of nitrogens with one attached hydrogen (secondary N) is 1. The summed E-state index contributed by atoms with van der Waals surface area (Å²) in [5, 5.41) is 6.80. The number of aromatic nitrogens is 3. The maximum Gasteiger partial charge on any atom is 0.251 e. The van der Waals surface area contributed by atoms with Crippen molar-refractivity contribution in [2.24, 2.45) is 5.73 Å². The van der Waals surface area contributed by atoms with E-state index in [1.54, 1.807) is 31.3 Å². The van der Waals surface area contributed by atoms with Crippen LogP contribution in [0.4, 0.5) is 0 Å². The van der Waals surface area contributed by atoms with E-state index >= 15 is 0 Å². The van der Waals surface area contributed by atoms with Crippen LogP contribution in [-0.4, -0.2) is 26.9 Å². The van der Waals surface area contributed by atoms with Gasteiger partial charge in [-0.3, -0.25) is 14.6 Å². The molecule has 0 radical (unpaired) electrons. The Hall–Kier alpha value is -3.55. The Bertz CT molecular complexity index is 1040. The number of carbonyl (C=O) groups is 2. The number of benzene rings is 1. The number of amides is 2. The highest BCUT2D eigenvalue weighted by atomic mass is 16.5. The molecular weight excluding hydrogens is 358 g/mol. The van der Waals surface area contributed by atoms with Gasteiger partial charge in [-0.15, -0.1) is 0 Å². The molecule has 0 spiro atoms. The molecule has 3 N–H and O–H groups in total. The molecule has 2 amide bonds. The molecule has 1 atom stereocenters. The van der Waals surface area contributed by atoms with Gasteiger partial charge in [-0.25, -0.2) is 0 Å². The summed E-state index contributed by atoms with van der Waals surface area (Å²) >= 11 is 0. The zero-order valence-electron chi connectivity index (χ0n) is 15.3. The molecule has 4 rings (SSSR count). The van der Waals surface area contributed by atoms with Crippen molar-refractivity contribution in [3.05, 3.63) is 65.3 Å². The second kappa shape index (κ2) is 7.22. The first-order valence-corrected chi connectivity index (χ1v) is 9.02. The van der Waals surface area contributed by atoms with Gasteiger partial charge in [-0.2, -0.15) is 4.98 Å². The molecule has 8 nitrogen and oxygen atoms in total. The molecule has 0 bridgehead atoms. The Kier molecular flexibility index (Phi) is 4.60. The van der Waals surface area contributed by atoms with Crippen molar-refractivity contribution in [3.8, 4) is 11.4 Å². The zero-order chi connectivity index (χ0) is 19.7. The highest BCUT2D eigenvalue weighted by molar-refractivity contribution is 5.99. The summed E-state index contributed by atoms with van der Waals surface area (Å²) in [5.74, 6) is 0.318. The minimum atomic E-state index is -0.591. The molecule has 1 aliphatic carbocycles. The summed E-state index contributed by atoms with van der Waals surface area (Å²) < 4.78 is 5.33. The quantitative estimate of drug-likeness (QED) is 0.680. The number of primary amides is 1. The molecule has 1 saturated carbocycles. The van der Waals surface area contributed by atoms with Gasteiger partial charge in [0.1, 0.15) is 6.04 Å². The topological polar surface area (TPSA) is 124 Å². The fraction of sp³-hybridized carbons (Fsp3) is 0.250. The van der Waals surface area contributed by atoms with E-state index in [0.29, 0.717) is 23.2 Å². The smallest absolute Gasteiger partial charge is 0.251 e. The zero-order valence-corrected chi connectivity index (χ0v) is 15.3. The van der Waals surface area contributed by atoms with Crippen LogP contribution in [0.2, 0.25) is 0 Å². The molecule has 2 aromatic heterocycles. The van der Waals surface area contributed by atoms with Gasteiger partial charge in [0.25, 0.3) is 5.91 Å². The predicted octanol–water partition coefficient (Wildman–Crippen LogP) is 2.60. The maximum atomic E-state index is 12.4. The molecule has 1 fully saturated rings. The molecule has 0 aliphatic heterocycles. The van der Waals surface area contributed by atoms with Crippen molar-refractivity contribution in [2.45, 2.75) is 31.7 Å². The monoisotopic (exact) mass is 377 g/mol. The number of nitrogens with zero attached hydrogens (tertiary/aromatic N) is 3. The van der Waals surface area contributed by atoms with E-state index in [-0.39, 0.29) is 11.5 Å². The molecule has 28 heavy (non-hydrogen) atoms. The summed E-state index contributed by atoms with van der Waals surface area (Å²) in [4.78, 5) is 32.5. The number of hydrogen-bond donors (Lipinski definition) is 2. The average molecular weight is 377 g/mol. The first kappa shape index (κ1) is 17.8. The summed E-state index contributed by atoms with van der Waals surface area (Å²) in [5.41, 5.74) is 7.73. The van der Waals surface area contributed by atoms with Gasteiger partial charge >= 0.3 is 0 Å². The van der Waals surface area contributed by atoms with E-state index in [1.807, 2.05) is 12.1 Å². The van der Waals surface area contributed by atoms with Crippen LogP contribution >= 0.6 is 0 Å². The molecule has 142 valence electrons. The minimum absolute atomic E-state index is 0.268. The van der Waals surface area contributed by atoms with E-state index in [1.165, 1.54) is 6.07 Å². The van der Waals surface area contributed by atoms with Crippen LogP contribution in [0.3, 0.4) is 0 Å². The Morgan fingerprint density at radius 2 is 2.00 bits per heavy atom. The number of pyridine rings is 1. The normalized spacial score (nSPS) is 14.5. The lowest BCUT2D eigenvalue weighted by molar-refractivity contribution is 0.0932. The number of hydrogen-bond acceptors (Lipinski definition) is 6. The Morgan fingerprint density at radius 1 is 1.21 bits per heavy atom.